The number of halogens is 1. The summed E-state index contributed by atoms with van der Waals surface area (Å²) in [6.45, 7) is 4.81. The zero-order chi connectivity index (χ0) is 20.7. The van der Waals surface area contributed by atoms with Crippen molar-refractivity contribution in [2.24, 2.45) is 0 Å². The molecule has 1 N–H and O–H groups in total. The molecule has 148 valence electrons. The maximum Gasteiger partial charge on any atom is 0.328 e. The van der Waals surface area contributed by atoms with Gasteiger partial charge in [0.2, 0.25) is 0 Å². The maximum atomic E-state index is 12.5. The van der Waals surface area contributed by atoms with Gasteiger partial charge in [-0.05, 0) is 45.0 Å². The molecule has 0 bridgehead atoms. The molecule has 0 aliphatic heterocycles. The van der Waals surface area contributed by atoms with E-state index in [2.05, 4.69) is 5.32 Å². The fraction of sp³-hybridized carbons (Fsp3) is 0.286. The summed E-state index contributed by atoms with van der Waals surface area (Å²) in [4.78, 5) is 38.5. The Labute approximate surface area is 169 Å². The van der Waals surface area contributed by atoms with Crippen molar-refractivity contribution >= 4 is 35.1 Å². The number of nitrogens with one attached hydrogen (secondary N) is 1. The molecular formula is C21H23ClN2O4. The van der Waals surface area contributed by atoms with Crippen molar-refractivity contribution in [2.75, 3.05) is 11.5 Å². The number of para-hydroxylation sites is 1. The molecule has 7 heteroatoms. The van der Waals surface area contributed by atoms with Crippen molar-refractivity contribution in [1.29, 1.82) is 0 Å². The first kappa shape index (κ1) is 21.4. The minimum Gasteiger partial charge on any atom is -0.454 e. The van der Waals surface area contributed by atoms with Crippen LogP contribution in [0.4, 0.5) is 5.69 Å². The van der Waals surface area contributed by atoms with Crippen LogP contribution in [0.2, 0.25) is 5.02 Å². The molecule has 0 saturated heterocycles. The highest BCUT2D eigenvalue weighted by Crippen LogP contribution is 2.17. The highest BCUT2D eigenvalue weighted by molar-refractivity contribution is 6.33. The van der Waals surface area contributed by atoms with Crippen molar-refractivity contribution in [1.82, 2.24) is 5.32 Å². The fourth-order valence-corrected chi connectivity index (χ4v) is 2.85. The van der Waals surface area contributed by atoms with Gasteiger partial charge in [0.25, 0.3) is 11.8 Å². The maximum absolute atomic E-state index is 12.5. The fourth-order valence-electron chi connectivity index (χ4n) is 2.62. The Balaban J connectivity index is 1.94. The summed E-state index contributed by atoms with van der Waals surface area (Å²) in [6, 6.07) is 14.6. The van der Waals surface area contributed by atoms with E-state index in [1.807, 2.05) is 44.2 Å². The Morgan fingerprint density at radius 3 is 2.21 bits per heavy atom. The van der Waals surface area contributed by atoms with Gasteiger partial charge in [0.1, 0.15) is 6.04 Å². The van der Waals surface area contributed by atoms with Crippen LogP contribution in [-0.4, -0.2) is 36.5 Å². The summed E-state index contributed by atoms with van der Waals surface area (Å²) in [5, 5.41) is 2.80. The molecule has 2 rings (SSSR count). The van der Waals surface area contributed by atoms with Crippen LogP contribution >= 0.6 is 11.6 Å². The van der Waals surface area contributed by atoms with Crippen LogP contribution in [0.3, 0.4) is 0 Å². The van der Waals surface area contributed by atoms with E-state index in [1.54, 1.807) is 29.2 Å². The largest absolute Gasteiger partial charge is 0.454 e. The number of hydrogen-bond acceptors (Lipinski definition) is 4. The molecule has 0 unspecified atom stereocenters. The monoisotopic (exact) mass is 402 g/mol. The Morgan fingerprint density at radius 2 is 1.61 bits per heavy atom. The van der Waals surface area contributed by atoms with Gasteiger partial charge in [-0.2, -0.15) is 0 Å². The number of nitrogens with zero attached hydrogens (tertiary/aromatic N) is 1. The number of rotatable bonds is 7. The van der Waals surface area contributed by atoms with Gasteiger partial charge in [0, 0.05) is 11.7 Å². The smallest absolute Gasteiger partial charge is 0.328 e. The average Bonchev–Trinajstić information content (AvgIpc) is 2.67. The summed E-state index contributed by atoms with van der Waals surface area (Å²) in [5.74, 6) is -1.54. The van der Waals surface area contributed by atoms with E-state index in [0.29, 0.717) is 0 Å². The van der Waals surface area contributed by atoms with Crippen LogP contribution in [0.1, 0.15) is 31.1 Å². The number of ether oxygens (including phenoxy) is 1. The molecule has 2 aromatic carbocycles. The lowest BCUT2D eigenvalue weighted by Crippen LogP contribution is -2.43. The predicted molar refractivity (Wildman–Crippen MR) is 108 cm³/mol. The van der Waals surface area contributed by atoms with Crippen LogP contribution in [0.25, 0.3) is 0 Å². The quantitative estimate of drug-likeness (QED) is 0.720. The van der Waals surface area contributed by atoms with Crippen molar-refractivity contribution < 1.29 is 19.1 Å². The molecule has 0 aliphatic carbocycles. The highest BCUT2D eigenvalue weighted by atomic mass is 35.5. The minimum atomic E-state index is -0.930. The molecule has 6 nitrogen and oxygen atoms in total. The zero-order valence-corrected chi connectivity index (χ0v) is 16.8. The number of hydrogen-bond donors (Lipinski definition) is 1. The van der Waals surface area contributed by atoms with Gasteiger partial charge in [-0.15, -0.1) is 0 Å². The number of amides is 2. The molecule has 28 heavy (non-hydrogen) atoms. The number of carbonyl (C=O) groups excluding carboxylic acids is 3. The lowest BCUT2D eigenvalue weighted by molar-refractivity contribution is -0.149. The molecule has 0 saturated carbocycles. The normalized spacial score (nSPS) is 11.6. The molecule has 0 fully saturated rings. The first-order chi connectivity index (χ1) is 13.3. The molecular weight excluding hydrogens is 380 g/mol. The van der Waals surface area contributed by atoms with Crippen LogP contribution in [0.5, 0.6) is 0 Å². The summed E-state index contributed by atoms with van der Waals surface area (Å²) in [7, 11) is 0. The number of carbonyl (C=O) groups is 3. The van der Waals surface area contributed by atoms with Crippen LogP contribution in [-0.2, 0) is 14.3 Å². The third-order valence-corrected chi connectivity index (χ3v) is 4.31. The molecule has 0 heterocycles. The topological polar surface area (TPSA) is 75.7 Å². The van der Waals surface area contributed by atoms with Crippen LogP contribution < -0.4 is 10.2 Å². The highest BCUT2D eigenvalue weighted by Gasteiger charge is 2.23. The third-order valence-electron chi connectivity index (χ3n) is 3.98. The van der Waals surface area contributed by atoms with Gasteiger partial charge in [-0.1, -0.05) is 41.9 Å². The van der Waals surface area contributed by atoms with Crippen molar-refractivity contribution in [3.05, 3.63) is 65.2 Å². The van der Waals surface area contributed by atoms with Gasteiger partial charge >= 0.3 is 5.97 Å². The second kappa shape index (κ2) is 9.90. The van der Waals surface area contributed by atoms with Crippen molar-refractivity contribution in [2.45, 2.75) is 32.9 Å². The van der Waals surface area contributed by atoms with Gasteiger partial charge in [-0.25, -0.2) is 4.79 Å². The minimum absolute atomic E-state index is 0.106. The Bertz CT molecular complexity index is 839. The van der Waals surface area contributed by atoms with E-state index < -0.39 is 24.5 Å². The molecule has 0 spiro atoms. The molecule has 0 aromatic heterocycles. The predicted octanol–water partition coefficient (Wildman–Crippen LogP) is 3.44. The second-order valence-electron chi connectivity index (χ2n) is 6.48. The molecule has 1 atom stereocenters. The van der Waals surface area contributed by atoms with Gasteiger partial charge in [0.15, 0.2) is 6.61 Å². The average molecular weight is 403 g/mol. The summed E-state index contributed by atoms with van der Waals surface area (Å²) in [6.07, 6.45) is 0. The van der Waals surface area contributed by atoms with Gasteiger partial charge < -0.3 is 15.0 Å². The molecule has 0 radical (unpaired) electrons. The number of esters is 1. The summed E-state index contributed by atoms with van der Waals surface area (Å²) >= 11 is 5.98. The standard InChI is InChI=1S/C21H23ClN2O4/c1-14(2)24(16-9-5-4-6-10-16)19(25)13-28-21(27)15(3)23-20(26)17-11-7-8-12-18(17)22/h4-12,14-15H,13H2,1-3H3,(H,23,26)/t15-/m0/s1. The Hall–Kier alpha value is -2.86. The van der Waals surface area contributed by atoms with E-state index in [4.69, 9.17) is 16.3 Å². The lowest BCUT2D eigenvalue weighted by Gasteiger charge is -2.27. The van der Waals surface area contributed by atoms with E-state index in [9.17, 15) is 14.4 Å². The number of anilines is 1. The zero-order valence-electron chi connectivity index (χ0n) is 16.0. The van der Waals surface area contributed by atoms with Gasteiger partial charge in [-0.3, -0.25) is 9.59 Å². The Kier molecular flexibility index (Phi) is 7.58. The van der Waals surface area contributed by atoms with E-state index in [-0.39, 0.29) is 22.5 Å². The van der Waals surface area contributed by atoms with E-state index in [1.165, 1.54) is 6.92 Å². The van der Waals surface area contributed by atoms with Gasteiger partial charge in [0.05, 0.1) is 10.6 Å². The molecule has 2 amide bonds. The first-order valence-electron chi connectivity index (χ1n) is 8.90. The van der Waals surface area contributed by atoms with E-state index >= 15 is 0 Å². The first-order valence-corrected chi connectivity index (χ1v) is 9.28. The van der Waals surface area contributed by atoms with E-state index in [0.717, 1.165) is 5.69 Å². The molecule has 2 aromatic rings. The molecule has 0 aliphatic rings. The second-order valence-corrected chi connectivity index (χ2v) is 6.88. The van der Waals surface area contributed by atoms with Crippen molar-refractivity contribution in [3.63, 3.8) is 0 Å². The summed E-state index contributed by atoms with van der Waals surface area (Å²) < 4.78 is 5.11. The SMILES string of the molecule is CC(C)N(C(=O)COC(=O)[C@H](C)NC(=O)c1ccccc1Cl)c1ccccc1. The number of benzene rings is 2. The lowest BCUT2D eigenvalue weighted by atomic mass is 10.2. The van der Waals surface area contributed by atoms with Crippen LogP contribution in [0, 0.1) is 0 Å². The Morgan fingerprint density at radius 1 is 1.00 bits per heavy atom. The van der Waals surface area contributed by atoms with Crippen molar-refractivity contribution in [3.8, 4) is 0 Å². The summed E-state index contributed by atoms with van der Waals surface area (Å²) in [5.41, 5.74) is 0.980. The third kappa shape index (κ3) is 5.57. The van der Waals surface area contributed by atoms with Crippen LogP contribution in [0.15, 0.2) is 54.6 Å².